The largest absolute Gasteiger partial charge is 0.497 e. The van der Waals surface area contributed by atoms with E-state index in [0.717, 1.165) is 43.1 Å². The molecule has 31 heavy (non-hydrogen) atoms. The highest BCUT2D eigenvalue weighted by atomic mass is 32.2. The summed E-state index contributed by atoms with van der Waals surface area (Å²) in [6.45, 7) is 3.81. The van der Waals surface area contributed by atoms with Crippen LogP contribution in [0.1, 0.15) is 23.6 Å². The van der Waals surface area contributed by atoms with Gasteiger partial charge in [0, 0.05) is 48.2 Å². The third-order valence-corrected chi connectivity index (χ3v) is 7.39. The number of likely N-dealkylation sites (tertiary alicyclic amines) is 1. The summed E-state index contributed by atoms with van der Waals surface area (Å²) in [5, 5.41) is 0. The molecule has 5 heteroatoms. The number of nitrogens with zero attached hydrogens (tertiary/aromatic N) is 2. The molecule has 2 aliphatic rings. The van der Waals surface area contributed by atoms with Crippen molar-refractivity contribution < 1.29 is 4.74 Å². The molecular formula is C26H28N2O2S. The van der Waals surface area contributed by atoms with Crippen molar-refractivity contribution in [2.24, 2.45) is 5.92 Å². The predicted octanol–water partition coefficient (Wildman–Crippen LogP) is 4.87. The van der Waals surface area contributed by atoms with Crippen LogP contribution in [0.3, 0.4) is 0 Å². The Morgan fingerprint density at radius 3 is 2.45 bits per heavy atom. The molecule has 0 amide bonds. The van der Waals surface area contributed by atoms with Gasteiger partial charge >= 0.3 is 0 Å². The number of piperidine rings is 1. The van der Waals surface area contributed by atoms with Gasteiger partial charge in [-0.25, -0.2) is 0 Å². The summed E-state index contributed by atoms with van der Waals surface area (Å²) in [4.78, 5) is 17.1. The molecule has 0 spiro atoms. The molecular weight excluding hydrogens is 404 g/mol. The van der Waals surface area contributed by atoms with E-state index in [2.05, 4.69) is 58.2 Å². The molecule has 0 saturated carbocycles. The number of methoxy groups -OCH3 is 1. The predicted molar refractivity (Wildman–Crippen MR) is 127 cm³/mol. The number of benzene rings is 2. The van der Waals surface area contributed by atoms with Crippen LogP contribution in [0.4, 0.5) is 0 Å². The summed E-state index contributed by atoms with van der Waals surface area (Å²) < 4.78 is 7.33. The second kappa shape index (κ2) is 8.56. The van der Waals surface area contributed by atoms with E-state index < -0.39 is 0 Å². The van der Waals surface area contributed by atoms with Gasteiger partial charge in [-0.15, -0.1) is 11.8 Å². The van der Waals surface area contributed by atoms with Gasteiger partial charge in [-0.3, -0.25) is 9.69 Å². The molecule has 3 heterocycles. The van der Waals surface area contributed by atoms with Crippen LogP contribution in [0.25, 0.3) is 11.1 Å². The Kier molecular flexibility index (Phi) is 5.63. The molecule has 3 aromatic rings. The molecule has 160 valence electrons. The second-order valence-electron chi connectivity index (χ2n) is 8.66. The van der Waals surface area contributed by atoms with Crippen LogP contribution in [-0.2, 0) is 13.1 Å². The van der Waals surface area contributed by atoms with E-state index >= 15 is 0 Å². The van der Waals surface area contributed by atoms with E-state index in [4.69, 9.17) is 4.74 Å². The average Bonchev–Trinajstić information content (AvgIpc) is 2.80. The third kappa shape index (κ3) is 4.04. The first-order valence-corrected chi connectivity index (χ1v) is 12.1. The van der Waals surface area contributed by atoms with Crippen LogP contribution in [0.2, 0.25) is 0 Å². The Bertz CT molecular complexity index is 1120. The Labute approximate surface area is 187 Å². The lowest BCUT2D eigenvalue weighted by atomic mass is 9.82. The zero-order valence-electron chi connectivity index (χ0n) is 18.1. The molecule has 0 aliphatic carbocycles. The van der Waals surface area contributed by atoms with E-state index in [-0.39, 0.29) is 5.56 Å². The lowest BCUT2D eigenvalue weighted by molar-refractivity contribution is 0.114. The molecule has 2 atom stereocenters. The zero-order valence-corrected chi connectivity index (χ0v) is 18.9. The lowest BCUT2D eigenvalue weighted by Gasteiger charge is -2.43. The van der Waals surface area contributed by atoms with E-state index in [1.807, 2.05) is 18.2 Å². The zero-order chi connectivity index (χ0) is 21.4. The first kappa shape index (κ1) is 20.4. The van der Waals surface area contributed by atoms with E-state index in [0.29, 0.717) is 11.8 Å². The smallest absolute Gasteiger partial charge is 0.258 e. The minimum atomic E-state index is 0.160. The van der Waals surface area contributed by atoms with Crippen LogP contribution in [-0.4, -0.2) is 35.9 Å². The maximum absolute atomic E-state index is 13.4. The Hall–Kier alpha value is -2.50. The van der Waals surface area contributed by atoms with Crippen LogP contribution < -0.4 is 10.3 Å². The molecule has 1 fully saturated rings. The van der Waals surface area contributed by atoms with E-state index in [1.54, 1.807) is 18.9 Å². The first-order chi connectivity index (χ1) is 15.1. The van der Waals surface area contributed by atoms with Crippen molar-refractivity contribution >= 4 is 11.8 Å². The summed E-state index contributed by atoms with van der Waals surface area (Å²) in [5.74, 6) is 1.84. The number of hydrogen-bond acceptors (Lipinski definition) is 4. The fourth-order valence-corrected chi connectivity index (χ4v) is 5.56. The topological polar surface area (TPSA) is 34.5 Å². The molecule has 0 N–H and O–H groups in total. The average molecular weight is 433 g/mol. The molecule has 0 unspecified atom stereocenters. The van der Waals surface area contributed by atoms with Gasteiger partial charge in [-0.1, -0.05) is 24.3 Å². The molecule has 5 rings (SSSR count). The summed E-state index contributed by atoms with van der Waals surface area (Å²) in [6, 6.07) is 20.9. The standard InChI is InChI=1S/C26H28N2O2S/c1-30-22-7-3-18(4-8-22)14-27-15-19-13-21(17-27)25-12-11-24(26(29)28(25)16-19)20-5-9-23(31-2)10-6-20/h3-12,19,21H,13-17H2,1-2H3/t19-,21+/m0/s1. The highest BCUT2D eigenvalue weighted by Gasteiger charge is 2.34. The minimum Gasteiger partial charge on any atom is -0.497 e. The fraction of sp³-hybridized carbons (Fsp3) is 0.346. The lowest BCUT2D eigenvalue weighted by Crippen LogP contribution is -2.46. The van der Waals surface area contributed by atoms with Crippen molar-refractivity contribution in [2.45, 2.75) is 30.3 Å². The van der Waals surface area contributed by atoms with Crippen LogP contribution in [0, 0.1) is 5.92 Å². The van der Waals surface area contributed by atoms with E-state index in [1.165, 1.54) is 22.6 Å². The van der Waals surface area contributed by atoms with Crippen molar-refractivity contribution in [1.82, 2.24) is 9.47 Å². The van der Waals surface area contributed by atoms with Crippen LogP contribution >= 0.6 is 11.8 Å². The highest BCUT2D eigenvalue weighted by Crippen LogP contribution is 2.36. The number of aromatic nitrogens is 1. The van der Waals surface area contributed by atoms with Crippen molar-refractivity contribution in [3.05, 3.63) is 82.3 Å². The maximum Gasteiger partial charge on any atom is 0.258 e. The van der Waals surface area contributed by atoms with Gasteiger partial charge in [-0.2, -0.15) is 0 Å². The van der Waals surface area contributed by atoms with Gasteiger partial charge in [0.25, 0.3) is 5.56 Å². The molecule has 2 aromatic carbocycles. The molecule has 1 saturated heterocycles. The molecule has 1 aromatic heterocycles. The Balaban J connectivity index is 1.38. The van der Waals surface area contributed by atoms with Gasteiger partial charge in [0.2, 0.25) is 0 Å². The van der Waals surface area contributed by atoms with Gasteiger partial charge in [0.1, 0.15) is 5.75 Å². The quantitative estimate of drug-likeness (QED) is 0.539. The minimum absolute atomic E-state index is 0.160. The highest BCUT2D eigenvalue weighted by molar-refractivity contribution is 7.98. The normalized spacial score (nSPS) is 20.3. The number of fused-ring (bicyclic) bond motifs is 4. The van der Waals surface area contributed by atoms with Crippen molar-refractivity contribution in [2.75, 3.05) is 26.5 Å². The SMILES string of the molecule is COc1ccc(CN2C[C@@H]3C[C@H](C2)c2ccc(-c4ccc(SC)cc4)c(=O)n2C3)cc1. The van der Waals surface area contributed by atoms with Crippen LogP contribution in [0.5, 0.6) is 5.75 Å². The van der Waals surface area contributed by atoms with E-state index in [9.17, 15) is 4.79 Å². The Morgan fingerprint density at radius 1 is 0.968 bits per heavy atom. The number of pyridine rings is 1. The fourth-order valence-electron chi connectivity index (χ4n) is 5.15. The number of ether oxygens (including phenoxy) is 1. The summed E-state index contributed by atoms with van der Waals surface area (Å²) in [5.41, 5.74) is 4.49. The Morgan fingerprint density at radius 2 is 1.74 bits per heavy atom. The number of hydrogen-bond donors (Lipinski definition) is 0. The van der Waals surface area contributed by atoms with Gasteiger partial charge in [-0.05, 0) is 66.1 Å². The van der Waals surface area contributed by atoms with Crippen molar-refractivity contribution in [1.29, 1.82) is 0 Å². The molecule has 4 nitrogen and oxygen atoms in total. The molecule has 2 aliphatic heterocycles. The van der Waals surface area contributed by atoms with Crippen molar-refractivity contribution in [3.8, 4) is 16.9 Å². The number of rotatable bonds is 5. The summed E-state index contributed by atoms with van der Waals surface area (Å²) in [7, 11) is 1.70. The van der Waals surface area contributed by atoms with Gasteiger partial charge in [0.05, 0.1) is 7.11 Å². The molecule has 2 bridgehead atoms. The monoisotopic (exact) mass is 432 g/mol. The van der Waals surface area contributed by atoms with Gasteiger partial charge < -0.3 is 9.30 Å². The maximum atomic E-state index is 13.4. The van der Waals surface area contributed by atoms with Crippen molar-refractivity contribution in [3.63, 3.8) is 0 Å². The third-order valence-electron chi connectivity index (χ3n) is 6.65. The number of thioether (sulfide) groups is 1. The van der Waals surface area contributed by atoms with Crippen LogP contribution in [0.15, 0.2) is 70.4 Å². The van der Waals surface area contributed by atoms with Gasteiger partial charge in [0.15, 0.2) is 0 Å². The second-order valence-corrected chi connectivity index (χ2v) is 9.54. The summed E-state index contributed by atoms with van der Waals surface area (Å²) >= 11 is 1.72. The molecule has 0 radical (unpaired) electrons. The summed E-state index contributed by atoms with van der Waals surface area (Å²) in [6.07, 6.45) is 3.25. The first-order valence-electron chi connectivity index (χ1n) is 10.9.